The van der Waals surface area contributed by atoms with E-state index in [1.807, 2.05) is 0 Å². The minimum atomic E-state index is -2.78. The summed E-state index contributed by atoms with van der Waals surface area (Å²) in [6.07, 6.45) is 0. The second-order valence-corrected chi connectivity index (χ2v) is 3.63. The third-order valence-electron chi connectivity index (χ3n) is 2.19. The van der Waals surface area contributed by atoms with E-state index < -0.39 is 5.92 Å². The lowest BCUT2D eigenvalue weighted by Crippen LogP contribution is -2.14. The van der Waals surface area contributed by atoms with Gasteiger partial charge in [-0.05, 0) is 24.6 Å². The molecular weight excluding hydrogens is 198 g/mol. The lowest BCUT2D eigenvalue weighted by atomic mass is 10.1. The molecule has 0 amide bonds. The summed E-state index contributed by atoms with van der Waals surface area (Å²) in [6.45, 7) is 3.86. The zero-order valence-corrected chi connectivity index (χ0v) is 8.98. The number of hydrogen-bond acceptors (Lipinski definition) is 2. The monoisotopic (exact) mass is 214 g/mol. The van der Waals surface area contributed by atoms with E-state index in [1.54, 1.807) is 13.0 Å². The Kier molecular flexibility index (Phi) is 3.63. The molecule has 0 aliphatic heterocycles. The molecule has 0 spiro atoms. The largest absolute Gasteiger partial charge is 0.384 e. The Balaban J connectivity index is 2.88. The molecular formula is C11H16F2N2. The van der Waals surface area contributed by atoms with E-state index in [9.17, 15) is 8.78 Å². The summed E-state index contributed by atoms with van der Waals surface area (Å²) >= 11 is 0. The van der Waals surface area contributed by atoms with E-state index in [-0.39, 0.29) is 5.56 Å². The minimum Gasteiger partial charge on any atom is -0.384 e. The molecule has 0 aliphatic carbocycles. The maximum atomic E-state index is 13.0. The zero-order valence-electron chi connectivity index (χ0n) is 8.98. The molecule has 0 heterocycles. The molecule has 0 radical (unpaired) electrons. The van der Waals surface area contributed by atoms with Crippen LogP contribution >= 0.6 is 0 Å². The Morgan fingerprint density at radius 1 is 1.40 bits per heavy atom. The SMILES string of the molecule is Cc1cc(C(C)(F)F)ccc1NCCN. The van der Waals surface area contributed by atoms with Gasteiger partial charge in [-0.15, -0.1) is 0 Å². The predicted octanol–water partition coefficient (Wildman–Crippen LogP) is 2.48. The first-order chi connectivity index (χ1) is 6.95. The van der Waals surface area contributed by atoms with Crippen LogP contribution in [0.3, 0.4) is 0 Å². The molecule has 1 aromatic rings. The minimum absolute atomic E-state index is 0.0401. The van der Waals surface area contributed by atoms with Crippen LogP contribution in [0.1, 0.15) is 18.1 Å². The molecule has 2 nitrogen and oxygen atoms in total. The lowest BCUT2D eigenvalue weighted by molar-refractivity contribution is 0.0174. The summed E-state index contributed by atoms with van der Waals surface area (Å²) in [5, 5.41) is 3.07. The Morgan fingerprint density at radius 3 is 2.53 bits per heavy atom. The summed E-state index contributed by atoms with van der Waals surface area (Å²) in [5.41, 5.74) is 7.05. The van der Waals surface area contributed by atoms with Crippen LogP contribution in [0.5, 0.6) is 0 Å². The number of benzene rings is 1. The first kappa shape index (κ1) is 11.9. The Bertz CT molecular complexity index is 332. The van der Waals surface area contributed by atoms with Crippen LogP contribution in [-0.2, 0) is 5.92 Å². The summed E-state index contributed by atoms with van der Waals surface area (Å²) in [5.74, 6) is -2.78. The van der Waals surface area contributed by atoms with Gasteiger partial charge in [0.2, 0.25) is 0 Å². The fraction of sp³-hybridized carbons (Fsp3) is 0.455. The second-order valence-electron chi connectivity index (χ2n) is 3.63. The van der Waals surface area contributed by atoms with Crippen molar-refractivity contribution < 1.29 is 8.78 Å². The van der Waals surface area contributed by atoms with Crippen LogP contribution in [0.4, 0.5) is 14.5 Å². The molecule has 0 aliphatic rings. The van der Waals surface area contributed by atoms with Crippen molar-refractivity contribution in [3.05, 3.63) is 29.3 Å². The third kappa shape index (κ3) is 3.16. The van der Waals surface area contributed by atoms with Crippen molar-refractivity contribution in [2.75, 3.05) is 18.4 Å². The normalized spacial score (nSPS) is 11.5. The topological polar surface area (TPSA) is 38.0 Å². The van der Waals surface area contributed by atoms with Gasteiger partial charge in [-0.25, -0.2) is 8.78 Å². The Labute approximate surface area is 88.5 Å². The molecule has 0 unspecified atom stereocenters. The Hall–Kier alpha value is -1.16. The van der Waals surface area contributed by atoms with Gasteiger partial charge in [-0.1, -0.05) is 6.07 Å². The molecule has 4 heteroatoms. The number of hydrogen-bond donors (Lipinski definition) is 2. The van der Waals surface area contributed by atoms with E-state index in [1.165, 1.54) is 12.1 Å². The molecule has 0 saturated heterocycles. The van der Waals surface area contributed by atoms with Crippen LogP contribution in [0.15, 0.2) is 18.2 Å². The molecule has 0 aromatic heterocycles. The molecule has 0 saturated carbocycles. The number of nitrogens with two attached hydrogens (primary N) is 1. The zero-order chi connectivity index (χ0) is 11.5. The summed E-state index contributed by atoms with van der Waals surface area (Å²) < 4.78 is 26.0. The highest BCUT2D eigenvalue weighted by atomic mass is 19.3. The maximum Gasteiger partial charge on any atom is 0.270 e. The average Bonchev–Trinajstić information content (AvgIpc) is 2.14. The van der Waals surface area contributed by atoms with E-state index in [0.717, 1.165) is 18.2 Å². The number of aryl methyl sites for hydroxylation is 1. The van der Waals surface area contributed by atoms with Gasteiger partial charge in [-0.2, -0.15) is 0 Å². The van der Waals surface area contributed by atoms with E-state index >= 15 is 0 Å². The first-order valence-electron chi connectivity index (χ1n) is 4.88. The summed E-state index contributed by atoms with van der Waals surface area (Å²) in [4.78, 5) is 0. The van der Waals surface area contributed by atoms with Crippen molar-refractivity contribution in [1.29, 1.82) is 0 Å². The van der Waals surface area contributed by atoms with Gasteiger partial charge in [0.15, 0.2) is 0 Å². The van der Waals surface area contributed by atoms with Gasteiger partial charge in [0.05, 0.1) is 0 Å². The quantitative estimate of drug-likeness (QED) is 0.808. The van der Waals surface area contributed by atoms with E-state index in [0.29, 0.717) is 13.1 Å². The van der Waals surface area contributed by atoms with Gasteiger partial charge in [0.25, 0.3) is 5.92 Å². The number of rotatable bonds is 4. The lowest BCUT2D eigenvalue weighted by Gasteiger charge is -2.14. The number of nitrogens with one attached hydrogen (secondary N) is 1. The van der Waals surface area contributed by atoms with Crippen LogP contribution in [0, 0.1) is 6.92 Å². The molecule has 1 aromatic carbocycles. The molecule has 0 bridgehead atoms. The van der Waals surface area contributed by atoms with Gasteiger partial charge >= 0.3 is 0 Å². The van der Waals surface area contributed by atoms with E-state index in [4.69, 9.17) is 5.73 Å². The highest BCUT2D eigenvalue weighted by molar-refractivity contribution is 5.52. The maximum absolute atomic E-state index is 13.0. The predicted molar refractivity (Wildman–Crippen MR) is 58.3 cm³/mol. The van der Waals surface area contributed by atoms with Crippen LogP contribution in [0.2, 0.25) is 0 Å². The number of halogens is 2. The smallest absolute Gasteiger partial charge is 0.270 e. The van der Waals surface area contributed by atoms with Crippen molar-refractivity contribution in [1.82, 2.24) is 0 Å². The first-order valence-corrected chi connectivity index (χ1v) is 4.88. The molecule has 0 fully saturated rings. The van der Waals surface area contributed by atoms with Crippen LogP contribution in [-0.4, -0.2) is 13.1 Å². The van der Waals surface area contributed by atoms with Gasteiger partial charge in [0, 0.05) is 31.3 Å². The number of anilines is 1. The third-order valence-corrected chi connectivity index (χ3v) is 2.19. The summed E-state index contributed by atoms with van der Waals surface area (Å²) in [6, 6.07) is 4.60. The fourth-order valence-electron chi connectivity index (χ4n) is 1.34. The fourth-order valence-corrected chi connectivity index (χ4v) is 1.34. The van der Waals surface area contributed by atoms with Crippen molar-refractivity contribution in [3.8, 4) is 0 Å². The average molecular weight is 214 g/mol. The molecule has 15 heavy (non-hydrogen) atoms. The van der Waals surface area contributed by atoms with Crippen molar-refractivity contribution in [2.45, 2.75) is 19.8 Å². The summed E-state index contributed by atoms with van der Waals surface area (Å²) in [7, 11) is 0. The molecule has 1 rings (SSSR count). The Morgan fingerprint density at radius 2 is 2.07 bits per heavy atom. The van der Waals surface area contributed by atoms with Crippen molar-refractivity contribution in [2.24, 2.45) is 5.73 Å². The van der Waals surface area contributed by atoms with Crippen LogP contribution < -0.4 is 11.1 Å². The highest BCUT2D eigenvalue weighted by Gasteiger charge is 2.24. The number of alkyl halides is 2. The molecule has 3 N–H and O–H groups in total. The van der Waals surface area contributed by atoms with Gasteiger partial charge in [0.1, 0.15) is 0 Å². The van der Waals surface area contributed by atoms with Crippen molar-refractivity contribution >= 4 is 5.69 Å². The standard InChI is InChI=1S/C11H16F2N2/c1-8-7-9(11(2,12)13)3-4-10(8)15-6-5-14/h3-4,7,15H,5-6,14H2,1-2H3. The van der Waals surface area contributed by atoms with Gasteiger partial charge < -0.3 is 11.1 Å². The van der Waals surface area contributed by atoms with Crippen molar-refractivity contribution in [3.63, 3.8) is 0 Å². The molecule has 84 valence electrons. The van der Waals surface area contributed by atoms with E-state index in [2.05, 4.69) is 5.32 Å². The highest BCUT2D eigenvalue weighted by Crippen LogP contribution is 2.29. The van der Waals surface area contributed by atoms with Gasteiger partial charge in [-0.3, -0.25) is 0 Å². The molecule has 0 atom stereocenters. The van der Waals surface area contributed by atoms with Crippen LogP contribution in [0.25, 0.3) is 0 Å². The second kappa shape index (κ2) is 4.57.